The molecule has 0 bridgehead atoms. The number of halogens is 43. The Labute approximate surface area is 571 Å². The summed E-state index contributed by atoms with van der Waals surface area (Å²) in [4.78, 5) is 21.2. The van der Waals surface area contributed by atoms with Crippen LogP contribution in [0.4, 0.5) is 189 Å². The van der Waals surface area contributed by atoms with Crippen LogP contribution in [0.3, 0.4) is 0 Å². The van der Waals surface area contributed by atoms with Gasteiger partial charge in [0.15, 0.2) is 10.0 Å². The van der Waals surface area contributed by atoms with Crippen molar-refractivity contribution < 1.29 is 209 Å². The molecular weight excluding hydrogens is 1590 g/mol. The normalized spacial score (nSPS) is 16.1. The van der Waals surface area contributed by atoms with Crippen LogP contribution in [0.2, 0.25) is 0 Å². The molecule has 0 rings (SSSR count). The van der Waals surface area contributed by atoms with Gasteiger partial charge in [-0.25, -0.2) is 106 Å². The van der Waals surface area contributed by atoms with E-state index in [1.54, 1.807) is 6.92 Å². The van der Waals surface area contributed by atoms with Crippen molar-refractivity contribution in [1.82, 2.24) is 0 Å². The second kappa shape index (κ2) is 44.1. The number of carbonyl (C=O) groups is 2. The number of hydrogen-bond donors (Lipinski definition) is 1. The molecule has 1 N–H and O–H groups in total. The molecule has 49 heteroatoms. The number of carboxylic acids is 1. The van der Waals surface area contributed by atoms with Crippen LogP contribution in [0, 0.1) is 5.92 Å². The van der Waals surface area contributed by atoms with Gasteiger partial charge in [0.2, 0.25) is 11.8 Å². The second-order valence-corrected chi connectivity index (χ2v) is 25.3. The molecule has 5 atom stereocenters. The highest BCUT2D eigenvalue weighted by molar-refractivity contribution is 8.00. The summed E-state index contributed by atoms with van der Waals surface area (Å²) < 4.78 is 523. The summed E-state index contributed by atoms with van der Waals surface area (Å²) in [6, 6.07) is 0. The molecule has 0 heterocycles. The van der Waals surface area contributed by atoms with Crippen molar-refractivity contribution in [3.05, 3.63) is 12.2 Å². The van der Waals surface area contributed by atoms with Crippen LogP contribution in [0.25, 0.3) is 0 Å². The van der Waals surface area contributed by atoms with E-state index in [0.717, 1.165) is 71.3 Å². The molecule has 5 unspecified atom stereocenters. The van der Waals surface area contributed by atoms with Crippen molar-refractivity contribution in [2.45, 2.75) is 292 Å². The van der Waals surface area contributed by atoms with E-state index >= 15 is 0 Å². The van der Waals surface area contributed by atoms with E-state index in [0.29, 0.717) is 6.42 Å². The molecule has 103 heavy (non-hydrogen) atoms. The predicted molar refractivity (Wildman–Crippen MR) is 295 cm³/mol. The van der Waals surface area contributed by atoms with Gasteiger partial charge in [0, 0.05) is 75.7 Å². The van der Waals surface area contributed by atoms with Gasteiger partial charge in [0.1, 0.15) is 5.92 Å². The van der Waals surface area contributed by atoms with Crippen molar-refractivity contribution >= 4 is 35.5 Å². The van der Waals surface area contributed by atoms with Crippen LogP contribution < -0.4 is 0 Å². The van der Waals surface area contributed by atoms with E-state index in [4.69, 9.17) is 19.0 Å². The first-order valence-electron chi connectivity index (χ1n) is 28.0. The molecule has 0 spiro atoms. The Kier molecular flexibility index (Phi) is 50.4. The summed E-state index contributed by atoms with van der Waals surface area (Å²) in [6.07, 6.45) is -20.4. The molecule has 0 saturated carbocycles. The summed E-state index contributed by atoms with van der Waals surface area (Å²) in [6.45, 7) is 10.5. The summed E-state index contributed by atoms with van der Waals surface area (Å²) in [7, 11) is 0. The third-order valence-electron chi connectivity index (χ3n) is 12.4. The van der Waals surface area contributed by atoms with Crippen molar-refractivity contribution in [2.24, 2.45) is 5.92 Å². The Morgan fingerprint density at radius 3 is 0.835 bits per heavy atom. The van der Waals surface area contributed by atoms with Gasteiger partial charge in [0.05, 0.1) is 6.61 Å². The highest BCUT2D eigenvalue weighted by atomic mass is 32.2. The minimum Gasteiger partial charge on any atom is -0.478 e. The molecule has 0 aliphatic rings. The Bertz CT molecular complexity index is 2160. The third kappa shape index (κ3) is 46.4. The predicted octanol–water partition coefficient (Wildman–Crippen LogP) is 26.8. The molecular formula is C54H77F43O4S2. The highest BCUT2D eigenvalue weighted by Gasteiger charge is 2.89. The number of aliphatic carboxylic acids is 1. The van der Waals surface area contributed by atoms with Gasteiger partial charge in [-0.2, -0.15) is 83.4 Å². The molecule has 0 aromatic rings. The Balaban J connectivity index is -0.000000151. The number of esters is 1. The van der Waals surface area contributed by atoms with E-state index in [2.05, 4.69) is 0 Å². The van der Waals surface area contributed by atoms with E-state index in [-0.39, 0.29) is 86.6 Å². The van der Waals surface area contributed by atoms with Crippen molar-refractivity contribution in [2.75, 3.05) is 18.1 Å². The molecule has 0 saturated heterocycles. The fraction of sp³-hybridized carbons (Fsp3) is 0.926. The van der Waals surface area contributed by atoms with E-state index in [1.165, 1.54) is 25.6 Å². The van der Waals surface area contributed by atoms with Gasteiger partial charge < -0.3 is 9.84 Å². The Morgan fingerprint density at radius 1 is 0.369 bits per heavy atom. The summed E-state index contributed by atoms with van der Waals surface area (Å²) >= 11 is 1.21. The maximum absolute atomic E-state index is 13.9. The fourth-order valence-electron chi connectivity index (χ4n) is 3.82. The maximum Gasteiger partial charge on any atom is 0.428 e. The first-order chi connectivity index (χ1) is 44.3. The molecule has 4 nitrogen and oxygen atoms in total. The minimum absolute atomic E-state index is 0.0625. The molecule has 0 fully saturated rings. The van der Waals surface area contributed by atoms with E-state index in [1.807, 2.05) is 6.92 Å². The lowest BCUT2D eigenvalue weighted by Crippen LogP contribution is -2.70. The van der Waals surface area contributed by atoms with Crippen molar-refractivity contribution in [3.8, 4) is 0 Å². The van der Waals surface area contributed by atoms with E-state index < -0.39 is 160 Å². The first-order valence-corrected chi connectivity index (χ1v) is 30.0. The van der Waals surface area contributed by atoms with Crippen LogP contribution in [0.5, 0.6) is 0 Å². The van der Waals surface area contributed by atoms with Crippen LogP contribution in [-0.4, -0.2) is 158 Å². The lowest BCUT2D eigenvalue weighted by atomic mass is 9.86. The van der Waals surface area contributed by atoms with Crippen LogP contribution in [0.15, 0.2) is 12.2 Å². The molecule has 0 aromatic heterocycles. The standard InChI is InChI=1S/C14H14F16S.C14H23FO4S.2C5H6F6.2C4H6F4.2C4H8F2.F2/c1-3-8(2,17)31-5-4-6(11(22,23)24)9(18,19)12(25,26)14(29,30)13(27,28)10(20,21)7(15)16;1-3-14(2,15)20-11-7-5-4-6-10-19-13(18)9-8-12(16)17;2*1-3(6,4(2,7)8)5(9,10)11;2*1-3(5,6)4(2,7)8;2*1-3-4(2,5)6;1-2/h6-7H,3-5H2,1-2H3;8-9H,3-7,10-11H2,1-2H3,(H,16,17);2*1-2H3;2*1-2H3;2*3H2,1-2H3;/b;9-8-;;;;;;;. The number of ether oxygens (including phenoxy) is 1. The molecule has 0 aromatic carbocycles. The van der Waals surface area contributed by atoms with Crippen molar-refractivity contribution in [3.63, 3.8) is 0 Å². The lowest BCUT2D eigenvalue weighted by molar-refractivity contribution is -0.426. The summed E-state index contributed by atoms with van der Waals surface area (Å²) in [5.74, 6) is -74.8. The number of unbranched alkanes of at least 4 members (excludes halogenated alkanes) is 3. The number of hydrogen-bond acceptors (Lipinski definition) is 5. The average molecular weight is 1670 g/mol. The Morgan fingerprint density at radius 2 is 0.631 bits per heavy atom. The minimum atomic E-state index is -8.06. The Hall–Kier alpha value is -3.63. The van der Waals surface area contributed by atoms with Crippen LogP contribution in [-0.2, 0) is 14.3 Å². The second-order valence-electron chi connectivity index (χ2n) is 22.2. The average Bonchev–Trinajstić information content (AvgIpc) is 0.709. The van der Waals surface area contributed by atoms with Gasteiger partial charge in [-0.05, 0) is 85.2 Å². The number of alkyl halides is 41. The maximum atomic E-state index is 13.9. The zero-order valence-corrected chi connectivity index (χ0v) is 58.2. The van der Waals surface area contributed by atoms with Gasteiger partial charge >= 0.3 is 90.2 Å². The summed E-state index contributed by atoms with van der Waals surface area (Å²) in [5.41, 5.74) is -8.92. The SMILES string of the molecule is CC(F)(F)C(C)(F)C(F)(F)F.CC(F)(F)C(C)(F)C(F)(F)F.CC(F)(F)C(C)(F)F.CC(F)(F)C(C)(F)F.CCC(C)(F)F.CCC(C)(F)F.CCC(C)(F)SCCC(C(F)(F)F)C(F)(F)C(F)(F)C(F)(F)C(F)(F)C(F)(F)C(F)F.CCC(C)(F)SCCCCCCOC(=O)/C=C\C(=O)O.FF. The zero-order valence-electron chi connectivity index (χ0n) is 56.5. The monoisotopic (exact) mass is 1670 g/mol. The van der Waals surface area contributed by atoms with Gasteiger partial charge in [-0.15, -0.1) is 23.5 Å². The molecule has 0 aliphatic heterocycles. The van der Waals surface area contributed by atoms with Crippen LogP contribution in [0.1, 0.15) is 169 Å². The van der Waals surface area contributed by atoms with Gasteiger partial charge in [0.25, 0.3) is 23.2 Å². The topological polar surface area (TPSA) is 63.6 Å². The molecule has 0 amide bonds. The smallest absolute Gasteiger partial charge is 0.428 e. The molecule has 0 radical (unpaired) electrons. The van der Waals surface area contributed by atoms with Gasteiger partial charge in [-0.3, -0.25) is 0 Å². The van der Waals surface area contributed by atoms with E-state index in [9.17, 15) is 190 Å². The molecule has 630 valence electrons. The number of thioether (sulfide) groups is 2. The first kappa shape index (κ1) is 118. The third-order valence-corrected chi connectivity index (χ3v) is 15.1. The summed E-state index contributed by atoms with van der Waals surface area (Å²) in [5, 5.41) is 4.80. The zero-order chi connectivity index (χ0) is 86.3. The fourth-order valence-corrected chi connectivity index (χ4v) is 5.78. The largest absolute Gasteiger partial charge is 0.478 e. The van der Waals surface area contributed by atoms with Crippen LogP contribution >= 0.6 is 23.5 Å². The lowest BCUT2D eigenvalue weighted by Gasteiger charge is -2.41. The molecule has 0 aliphatic carbocycles. The highest BCUT2D eigenvalue weighted by Crippen LogP contribution is 2.62. The number of carboxylic acid groups (broad SMARTS) is 1. The quantitative estimate of drug-likeness (QED) is 0.0365. The van der Waals surface area contributed by atoms with Crippen molar-refractivity contribution in [1.29, 1.82) is 0 Å². The number of carbonyl (C=O) groups excluding carboxylic acids is 1. The van der Waals surface area contributed by atoms with Gasteiger partial charge in [-0.1, -0.05) is 40.5 Å². The number of rotatable bonds is 28.